The normalized spacial score (nSPS) is 16.3. The summed E-state index contributed by atoms with van der Waals surface area (Å²) in [4.78, 5) is 4.54. The van der Waals surface area contributed by atoms with Crippen LogP contribution in [0.15, 0.2) is 65.2 Å². The van der Waals surface area contributed by atoms with Crippen LogP contribution >= 0.6 is 0 Å². The number of hydrogen-bond acceptors (Lipinski definition) is 5. The number of fused-ring (bicyclic) bond motifs is 1. The van der Waals surface area contributed by atoms with Crippen molar-refractivity contribution in [1.82, 2.24) is 19.9 Å². The van der Waals surface area contributed by atoms with Crippen molar-refractivity contribution in [3.8, 4) is 23.0 Å². The van der Waals surface area contributed by atoms with Gasteiger partial charge >= 0.3 is 0 Å². The molecule has 1 aliphatic rings. The molecular weight excluding hydrogens is 340 g/mol. The second-order valence-corrected chi connectivity index (χ2v) is 6.65. The second-order valence-electron chi connectivity index (χ2n) is 6.65. The molecule has 1 unspecified atom stereocenters. The van der Waals surface area contributed by atoms with Gasteiger partial charge < -0.3 is 9.26 Å². The molecule has 1 atom stereocenters. The molecule has 0 N–H and O–H groups in total. The maximum Gasteiger partial charge on any atom is 0.278 e. The summed E-state index contributed by atoms with van der Waals surface area (Å²) in [5.41, 5.74) is 4.90. The predicted molar refractivity (Wildman–Crippen MR) is 99.7 cm³/mol. The zero-order valence-corrected chi connectivity index (χ0v) is 14.9. The van der Waals surface area contributed by atoms with Crippen molar-refractivity contribution < 1.29 is 9.26 Å². The maximum atomic E-state index is 6.00. The van der Waals surface area contributed by atoms with Crippen LogP contribution in [0.5, 0.6) is 0 Å². The highest BCUT2D eigenvalue weighted by Gasteiger charge is 2.24. The third-order valence-electron chi connectivity index (χ3n) is 4.84. The van der Waals surface area contributed by atoms with Crippen LogP contribution in [0.4, 0.5) is 0 Å². The van der Waals surface area contributed by atoms with E-state index in [1.54, 1.807) is 0 Å². The van der Waals surface area contributed by atoms with Crippen molar-refractivity contribution in [3.63, 3.8) is 0 Å². The summed E-state index contributed by atoms with van der Waals surface area (Å²) >= 11 is 0. The van der Waals surface area contributed by atoms with E-state index in [9.17, 15) is 0 Å². The summed E-state index contributed by atoms with van der Waals surface area (Å²) in [6.45, 7) is 3.20. The Morgan fingerprint density at radius 3 is 2.70 bits per heavy atom. The molecule has 0 spiro atoms. The molecular formula is C21H18N4O2. The number of nitrogens with zero attached hydrogens (tertiary/aromatic N) is 4. The molecule has 0 saturated carbocycles. The second kappa shape index (κ2) is 6.48. The van der Waals surface area contributed by atoms with E-state index in [0.29, 0.717) is 30.6 Å². The summed E-state index contributed by atoms with van der Waals surface area (Å²) in [6.07, 6.45) is -0.00309. The molecule has 134 valence electrons. The van der Waals surface area contributed by atoms with E-state index in [4.69, 9.17) is 9.26 Å². The van der Waals surface area contributed by atoms with Gasteiger partial charge in [-0.1, -0.05) is 59.8 Å². The lowest BCUT2D eigenvalue weighted by atomic mass is 10.1. The predicted octanol–water partition coefficient (Wildman–Crippen LogP) is 4.18. The SMILES string of the molecule is Cc1ccccc1-c1noc(-c2cc3n(n2)CC(c2ccccc2)OC3)n1. The lowest BCUT2D eigenvalue weighted by molar-refractivity contribution is -0.00113. The fraction of sp³-hybridized carbons (Fsp3) is 0.190. The number of hydrogen-bond donors (Lipinski definition) is 0. The van der Waals surface area contributed by atoms with Crippen molar-refractivity contribution in [2.75, 3.05) is 0 Å². The molecule has 5 rings (SSSR count). The number of aryl methyl sites for hydroxylation is 1. The minimum Gasteiger partial charge on any atom is -0.365 e. The summed E-state index contributed by atoms with van der Waals surface area (Å²) in [5.74, 6) is 0.999. The number of benzene rings is 2. The fourth-order valence-electron chi connectivity index (χ4n) is 3.36. The highest BCUT2D eigenvalue weighted by atomic mass is 16.5. The minimum atomic E-state index is -0.00309. The quantitative estimate of drug-likeness (QED) is 0.550. The Bertz CT molecular complexity index is 1080. The molecule has 27 heavy (non-hydrogen) atoms. The van der Waals surface area contributed by atoms with Crippen LogP contribution in [0.25, 0.3) is 23.0 Å². The molecule has 0 amide bonds. The molecule has 3 heterocycles. The van der Waals surface area contributed by atoms with Gasteiger partial charge in [0.1, 0.15) is 6.10 Å². The Kier molecular flexibility index (Phi) is 3.83. The Morgan fingerprint density at radius 1 is 1.04 bits per heavy atom. The summed E-state index contributed by atoms with van der Waals surface area (Å²) in [6, 6.07) is 20.1. The number of ether oxygens (including phenoxy) is 1. The first-order valence-corrected chi connectivity index (χ1v) is 8.91. The molecule has 0 saturated heterocycles. The highest BCUT2D eigenvalue weighted by Crippen LogP contribution is 2.29. The van der Waals surface area contributed by atoms with Gasteiger partial charge in [-0.15, -0.1) is 0 Å². The van der Waals surface area contributed by atoms with Crippen molar-refractivity contribution >= 4 is 0 Å². The summed E-state index contributed by atoms with van der Waals surface area (Å²) < 4.78 is 13.4. The van der Waals surface area contributed by atoms with Gasteiger partial charge in [-0.25, -0.2) is 0 Å². The van der Waals surface area contributed by atoms with Gasteiger partial charge in [-0.2, -0.15) is 10.1 Å². The first-order chi connectivity index (χ1) is 13.3. The molecule has 6 nitrogen and oxygen atoms in total. The van der Waals surface area contributed by atoms with Gasteiger partial charge in [0.05, 0.1) is 18.8 Å². The third-order valence-corrected chi connectivity index (χ3v) is 4.84. The molecule has 0 fully saturated rings. The maximum absolute atomic E-state index is 6.00. The Labute approximate surface area is 156 Å². The standard InChI is InChI=1S/C21H18N4O2/c1-14-7-5-6-10-17(14)20-22-21(27-24-20)18-11-16-13-26-19(12-25(16)23-18)15-8-3-2-4-9-15/h2-11,19H,12-13H2,1H3. The lowest BCUT2D eigenvalue weighted by Crippen LogP contribution is -2.21. The zero-order chi connectivity index (χ0) is 18.2. The van der Waals surface area contributed by atoms with Crippen molar-refractivity contribution in [2.45, 2.75) is 26.2 Å². The smallest absolute Gasteiger partial charge is 0.278 e. The topological polar surface area (TPSA) is 66.0 Å². The number of aromatic nitrogens is 4. The first kappa shape index (κ1) is 16.0. The van der Waals surface area contributed by atoms with E-state index in [0.717, 1.165) is 22.4 Å². The van der Waals surface area contributed by atoms with E-state index in [-0.39, 0.29) is 6.10 Å². The molecule has 2 aromatic carbocycles. The Morgan fingerprint density at radius 2 is 1.85 bits per heavy atom. The van der Waals surface area contributed by atoms with Crippen LogP contribution in [-0.4, -0.2) is 19.9 Å². The molecule has 1 aliphatic heterocycles. The van der Waals surface area contributed by atoms with Gasteiger partial charge in [0.2, 0.25) is 5.82 Å². The van der Waals surface area contributed by atoms with Crippen molar-refractivity contribution in [1.29, 1.82) is 0 Å². The highest BCUT2D eigenvalue weighted by molar-refractivity contribution is 5.61. The van der Waals surface area contributed by atoms with Crippen LogP contribution in [0, 0.1) is 6.92 Å². The monoisotopic (exact) mass is 358 g/mol. The van der Waals surface area contributed by atoms with E-state index < -0.39 is 0 Å². The average Bonchev–Trinajstić information content (AvgIpc) is 3.35. The van der Waals surface area contributed by atoms with E-state index in [2.05, 4.69) is 27.4 Å². The minimum absolute atomic E-state index is 0.00309. The molecule has 0 bridgehead atoms. The fourth-order valence-corrected chi connectivity index (χ4v) is 3.36. The van der Waals surface area contributed by atoms with Crippen LogP contribution in [-0.2, 0) is 17.9 Å². The Balaban J connectivity index is 1.43. The van der Waals surface area contributed by atoms with Gasteiger partial charge in [-0.3, -0.25) is 4.68 Å². The van der Waals surface area contributed by atoms with Gasteiger partial charge in [0.25, 0.3) is 5.89 Å². The van der Waals surface area contributed by atoms with Crippen LogP contribution in [0.2, 0.25) is 0 Å². The van der Waals surface area contributed by atoms with E-state index in [1.807, 2.05) is 60.1 Å². The number of rotatable bonds is 3. The summed E-state index contributed by atoms with van der Waals surface area (Å²) in [7, 11) is 0. The molecule has 4 aromatic rings. The largest absolute Gasteiger partial charge is 0.365 e. The van der Waals surface area contributed by atoms with E-state index in [1.165, 1.54) is 0 Å². The van der Waals surface area contributed by atoms with Crippen LogP contribution < -0.4 is 0 Å². The third kappa shape index (κ3) is 2.94. The molecule has 0 aliphatic carbocycles. The van der Waals surface area contributed by atoms with Gasteiger partial charge in [0, 0.05) is 5.56 Å². The average molecular weight is 358 g/mol. The van der Waals surface area contributed by atoms with E-state index >= 15 is 0 Å². The zero-order valence-electron chi connectivity index (χ0n) is 14.9. The van der Waals surface area contributed by atoms with Gasteiger partial charge in [0.15, 0.2) is 5.69 Å². The Hall–Kier alpha value is -3.25. The summed E-state index contributed by atoms with van der Waals surface area (Å²) in [5, 5.41) is 8.79. The first-order valence-electron chi connectivity index (χ1n) is 8.91. The molecule has 6 heteroatoms. The van der Waals surface area contributed by atoms with Crippen molar-refractivity contribution in [2.24, 2.45) is 0 Å². The van der Waals surface area contributed by atoms with Crippen LogP contribution in [0.1, 0.15) is 22.9 Å². The molecule has 0 radical (unpaired) electrons. The van der Waals surface area contributed by atoms with Gasteiger partial charge in [-0.05, 0) is 24.1 Å². The lowest BCUT2D eigenvalue weighted by Gasteiger charge is -2.24. The van der Waals surface area contributed by atoms with Crippen LogP contribution in [0.3, 0.4) is 0 Å². The molecule has 2 aromatic heterocycles. The van der Waals surface area contributed by atoms with Crippen molar-refractivity contribution in [3.05, 3.63) is 77.5 Å².